The first-order valence-corrected chi connectivity index (χ1v) is 12.0. The highest BCUT2D eigenvalue weighted by Crippen LogP contribution is 2.52. The van der Waals surface area contributed by atoms with Crippen LogP contribution in [0.1, 0.15) is 68.8 Å². The van der Waals surface area contributed by atoms with Crippen LogP contribution in [-0.4, -0.2) is 69.4 Å². The third-order valence-corrected chi connectivity index (χ3v) is 7.29. The number of hydrogen-bond acceptors (Lipinski definition) is 11. The monoisotopic (exact) mass is 525 g/mol. The van der Waals surface area contributed by atoms with Crippen molar-refractivity contribution in [1.29, 1.82) is 0 Å². The molecule has 1 heterocycles. The third kappa shape index (κ3) is 3.86. The zero-order chi connectivity index (χ0) is 27.5. The van der Waals surface area contributed by atoms with Crippen molar-refractivity contribution in [3.05, 3.63) is 63.4 Å². The van der Waals surface area contributed by atoms with E-state index in [0.717, 1.165) is 0 Å². The zero-order valence-corrected chi connectivity index (χ0v) is 20.7. The number of nitrogens with two attached hydrogens (primary N) is 1. The molecule has 4 atom stereocenters. The summed E-state index contributed by atoms with van der Waals surface area (Å²) in [5.41, 5.74) is 2.62. The summed E-state index contributed by atoms with van der Waals surface area (Å²) in [7, 11) is 1.33. The number of allylic oxidation sites excluding steroid dienone is 1. The van der Waals surface area contributed by atoms with Crippen molar-refractivity contribution in [3.63, 3.8) is 0 Å². The molecule has 0 saturated carbocycles. The summed E-state index contributed by atoms with van der Waals surface area (Å²) in [5.74, 6) is -3.13. The van der Waals surface area contributed by atoms with Gasteiger partial charge in [-0.15, -0.1) is 0 Å². The molecule has 3 aliphatic rings. The summed E-state index contributed by atoms with van der Waals surface area (Å²) in [5, 5.41) is 43.5. The van der Waals surface area contributed by atoms with E-state index in [-0.39, 0.29) is 34.4 Å². The number of carbonyl (C=O) groups excluding carboxylic acids is 3. The molecule has 200 valence electrons. The summed E-state index contributed by atoms with van der Waals surface area (Å²) < 4.78 is 17.0. The molecule has 6 N–H and O–H groups in total. The van der Waals surface area contributed by atoms with Crippen LogP contribution in [0.2, 0.25) is 0 Å². The van der Waals surface area contributed by atoms with Crippen LogP contribution >= 0.6 is 0 Å². The molecule has 0 saturated heterocycles. The molecule has 0 radical (unpaired) electrons. The van der Waals surface area contributed by atoms with Crippen LogP contribution in [0.4, 0.5) is 0 Å². The van der Waals surface area contributed by atoms with Gasteiger partial charge in [0, 0.05) is 42.0 Å². The Morgan fingerprint density at radius 2 is 1.87 bits per heavy atom. The van der Waals surface area contributed by atoms with Gasteiger partial charge in [0.1, 0.15) is 29.5 Å². The predicted octanol–water partition coefficient (Wildman–Crippen LogP) is 1.16. The molecule has 0 aromatic heterocycles. The SMILES string of the molecule is COc1cccc2c1C(=O)c1c(O)c3c(c(O)c1C2=O)C[C@@](O)(C(=O)CO)C[C@@H]3O[C@@H]1CC(N)C=C(C)O1. The number of rotatable bonds is 5. The van der Waals surface area contributed by atoms with Crippen molar-refractivity contribution in [2.24, 2.45) is 5.73 Å². The number of ketones is 3. The minimum Gasteiger partial charge on any atom is -0.507 e. The lowest BCUT2D eigenvalue weighted by molar-refractivity contribution is -0.182. The standard InChI is InChI=1S/C27H27NO10/c1-11-6-12(28)7-18(37-11)38-16-9-27(35,17(30)10-29)8-14-20(16)26(34)22-21(24(14)32)23(31)13-4-3-5-15(36-2)19(13)25(22)33/h3-6,12,16,18,29,32,34-35H,7-10,28H2,1-2H3/t12?,16-,18+,27-/m0/s1. The minimum atomic E-state index is -2.20. The quantitative estimate of drug-likeness (QED) is 0.301. The molecule has 0 fully saturated rings. The highest BCUT2D eigenvalue weighted by Gasteiger charge is 2.49. The summed E-state index contributed by atoms with van der Waals surface area (Å²) >= 11 is 0. The molecule has 2 aliphatic carbocycles. The number of aromatic hydroxyl groups is 2. The molecule has 5 rings (SSSR count). The second kappa shape index (κ2) is 9.21. The van der Waals surface area contributed by atoms with Gasteiger partial charge in [0.25, 0.3) is 0 Å². The van der Waals surface area contributed by atoms with Crippen molar-refractivity contribution in [3.8, 4) is 17.2 Å². The second-order valence-corrected chi connectivity index (χ2v) is 9.72. The zero-order valence-electron chi connectivity index (χ0n) is 20.7. The molecule has 11 nitrogen and oxygen atoms in total. The summed E-state index contributed by atoms with van der Waals surface area (Å²) in [6, 6.07) is 3.99. The van der Waals surface area contributed by atoms with Crippen LogP contribution < -0.4 is 10.5 Å². The Kier molecular flexibility index (Phi) is 6.27. The summed E-state index contributed by atoms with van der Waals surface area (Å²) in [4.78, 5) is 39.7. The largest absolute Gasteiger partial charge is 0.507 e. The molecule has 1 unspecified atom stereocenters. The van der Waals surface area contributed by atoms with Crippen LogP contribution in [-0.2, 0) is 20.7 Å². The molecule has 11 heteroatoms. The number of methoxy groups -OCH3 is 1. The Morgan fingerprint density at radius 1 is 1.16 bits per heavy atom. The molecular formula is C27H27NO10. The highest BCUT2D eigenvalue weighted by molar-refractivity contribution is 6.31. The average molecular weight is 526 g/mol. The third-order valence-electron chi connectivity index (χ3n) is 7.29. The number of phenols is 2. The van der Waals surface area contributed by atoms with Gasteiger partial charge in [0.05, 0.1) is 35.7 Å². The Labute approximate surface area is 217 Å². The fraction of sp³-hybridized carbons (Fsp3) is 0.370. The van der Waals surface area contributed by atoms with Gasteiger partial charge in [-0.25, -0.2) is 0 Å². The number of fused-ring (bicyclic) bond motifs is 3. The predicted molar refractivity (Wildman–Crippen MR) is 130 cm³/mol. The van der Waals surface area contributed by atoms with E-state index in [4.69, 9.17) is 19.9 Å². The average Bonchev–Trinajstić information content (AvgIpc) is 2.87. The number of carbonyl (C=O) groups is 3. The second-order valence-electron chi connectivity index (χ2n) is 9.72. The van der Waals surface area contributed by atoms with Gasteiger partial charge in [-0.1, -0.05) is 12.1 Å². The Hall–Kier alpha value is -3.77. The first-order valence-electron chi connectivity index (χ1n) is 12.0. The summed E-state index contributed by atoms with van der Waals surface area (Å²) in [6.45, 7) is 0.679. The van der Waals surface area contributed by atoms with Gasteiger partial charge in [0.15, 0.2) is 11.6 Å². The number of ether oxygens (including phenoxy) is 3. The van der Waals surface area contributed by atoms with E-state index < -0.39 is 83.5 Å². The Bertz CT molecular complexity index is 1410. The number of aliphatic hydroxyl groups is 2. The smallest absolute Gasteiger partial charge is 0.202 e. The molecule has 0 bridgehead atoms. The minimum absolute atomic E-state index is 0.0336. The number of Topliss-reactive ketones (excluding diaryl/α,β-unsaturated/α-hetero) is 1. The lowest BCUT2D eigenvalue weighted by Gasteiger charge is -2.40. The summed E-state index contributed by atoms with van der Waals surface area (Å²) in [6.07, 6.45) is -1.30. The molecule has 0 spiro atoms. The number of hydrogen-bond donors (Lipinski definition) is 5. The molecule has 2 aromatic rings. The van der Waals surface area contributed by atoms with Gasteiger partial charge in [-0.05, 0) is 19.1 Å². The fourth-order valence-electron chi connectivity index (χ4n) is 5.55. The maximum Gasteiger partial charge on any atom is 0.202 e. The van der Waals surface area contributed by atoms with Gasteiger partial charge in [-0.3, -0.25) is 14.4 Å². The van der Waals surface area contributed by atoms with E-state index in [2.05, 4.69) is 0 Å². The maximum atomic E-state index is 13.6. The lowest BCUT2D eigenvalue weighted by Crippen LogP contribution is -2.48. The van der Waals surface area contributed by atoms with Gasteiger partial charge in [-0.2, -0.15) is 0 Å². The maximum absolute atomic E-state index is 13.6. The number of phenolic OH excluding ortho intramolecular Hbond substituents is 2. The normalized spacial score (nSPS) is 26.0. The van der Waals surface area contributed by atoms with Crippen molar-refractivity contribution in [2.75, 3.05) is 13.7 Å². The Balaban J connectivity index is 1.71. The van der Waals surface area contributed by atoms with E-state index in [1.807, 2.05) is 0 Å². The first kappa shape index (κ1) is 25.9. The molecule has 0 amide bonds. The molecule has 1 aliphatic heterocycles. The molecule has 38 heavy (non-hydrogen) atoms. The molecular weight excluding hydrogens is 498 g/mol. The lowest BCUT2D eigenvalue weighted by atomic mass is 9.72. The van der Waals surface area contributed by atoms with Crippen LogP contribution in [0, 0.1) is 0 Å². The van der Waals surface area contributed by atoms with E-state index in [1.165, 1.54) is 25.3 Å². The van der Waals surface area contributed by atoms with Gasteiger partial charge >= 0.3 is 0 Å². The van der Waals surface area contributed by atoms with Gasteiger partial charge in [0.2, 0.25) is 12.1 Å². The van der Waals surface area contributed by atoms with E-state index in [9.17, 15) is 34.8 Å². The fourth-order valence-corrected chi connectivity index (χ4v) is 5.55. The number of aliphatic hydroxyl groups excluding tert-OH is 1. The van der Waals surface area contributed by atoms with E-state index in [0.29, 0.717) is 5.76 Å². The van der Waals surface area contributed by atoms with Crippen LogP contribution in [0.25, 0.3) is 0 Å². The van der Waals surface area contributed by atoms with Crippen molar-refractivity contribution >= 4 is 17.3 Å². The van der Waals surface area contributed by atoms with Crippen molar-refractivity contribution in [1.82, 2.24) is 0 Å². The van der Waals surface area contributed by atoms with Gasteiger partial charge < -0.3 is 40.4 Å². The van der Waals surface area contributed by atoms with E-state index >= 15 is 0 Å². The Morgan fingerprint density at radius 3 is 2.53 bits per heavy atom. The van der Waals surface area contributed by atoms with E-state index in [1.54, 1.807) is 13.0 Å². The van der Waals surface area contributed by atoms with Crippen LogP contribution in [0.15, 0.2) is 30.0 Å². The van der Waals surface area contributed by atoms with Crippen LogP contribution in [0.5, 0.6) is 17.2 Å². The van der Waals surface area contributed by atoms with Crippen LogP contribution in [0.3, 0.4) is 0 Å². The highest BCUT2D eigenvalue weighted by atomic mass is 16.7. The molecule has 2 aromatic carbocycles. The first-order chi connectivity index (χ1) is 18.0. The van der Waals surface area contributed by atoms with Crippen molar-refractivity contribution < 1.29 is 49.0 Å². The number of benzene rings is 2. The topological polar surface area (TPSA) is 186 Å². The van der Waals surface area contributed by atoms with Crippen molar-refractivity contribution in [2.45, 2.75) is 50.2 Å².